The molecule has 5 aliphatic rings. The molecule has 2 N–H and O–H groups in total. The van der Waals surface area contributed by atoms with Gasteiger partial charge in [0, 0.05) is 23.1 Å². The van der Waals surface area contributed by atoms with Crippen LogP contribution in [0.5, 0.6) is 0 Å². The van der Waals surface area contributed by atoms with Gasteiger partial charge in [0.25, 0.3) is 0 Å². The number of rotatable bonds is 4. The highest BCUT2D eigenvalue weighted by Gasteiger charge is 2.62. The first kappa shape index (κ1) is 16.3. The number of hydrogen-bond donors (Lipinski definition) is 2. The number of fused-ring (bicyclic) bond motifs is 3. The lowest BCUT2D eigenvalue weighted by atomic mass is 9.81. The number of thioether (sulfide) groups is 1. The molecule has 25 heavy (non-hydrogen) atoms. The molecular formula is C19H27N3O2S. The summed E-state index contributed by atoms with van der Waals surface area (Å²) in [6.45, 7) is 1.48. The van der Waals surface area contributed by atoms with E-state index in [2.05, 4.69) is 27.8 Å². The Morgan fingerprint density at radius 2 is 2.24 bits per heavy atom. The Bertz CT molecular complexity index is 595. The maximum atomic E-state index is 12.4. The highest BCUT2D eigenvalue weighted by Crippen LogP contribution is 2.55. The van der Waals surface area contributed by atoms with E-state index in [1.807, 2.05) is 17.3 Å². The summed E-state index contributed by atoms with van der Waals surface area (Å²) in [5, 5.41) is 7.37. The lowest BCUT2D eigenvalue weighted by molar-refractivity contribution is -0.139. The summed E-state index contributed by atoms with van der Waals surface area (Å²) in [5.74, 6) is 1.48. The largest absolute Gasteiger partial charge is 0.352 e. The average molecular weight is 362 g/mol. The number of nitrogens with zero attached hydrogens (tertiary/aromatic N) is 1. The standard InChI is InChI=1S/C19H27N3O2S/c23-18(12-4-2-1-3-5-12)21-10-15-22-17-13-6-7-19(8-13,24-15)16(17)14-9-20-11-25-14/h6-7,11-17,22H,1-5,8-10H2,(H,21,23). The first-order valence-corrected chi connectivity index (χ1v) is 10.7. The van der Waals surface area contributed by atoms with Crippen molar-refractivity contribution in [1.29, 1.82) is 0 Å². The monoisotopic (exact) mass is 361 g/mol. The van der Waals surface area contributed by atoms with Crippen molar-refractivity contribution >= 4 is 23.2 Å². The number of amides is 1. The van der Waals surface area contributed by atoms with Crippen LogP contribution in [-0.2, 0) is 9.53 Å². The molecule has 2 aliphatic heterocycles. The Morgan fingerprint density at radius 1 is 1.36 bits per heavy atom. The van der Waals surface area contributed by atoms with E-state index in [9.17, 15) is 4.79 Å². The summed E-state index contributed by atoms with van der Waals surface area (Å²) in [6, 6.07) is 0.453. The lowest BCUT2D eigenvalue weighted by Gasteiger charge is -2.47. The van der Waals surface area contributed by atoms with Crippen molar-refractivity contribution in [2.45, 2.75) is 61.6 Å². The zero-order valence-corrected chi connectivity index (χ0v) is 15.3. The van der Waals surface area contributed by atoms with E-state index < -0.39 is 0 Å². The summed E-state index contributed by atoms with van der Waals surface area (Å²) in [7, 11) is 0. The quantitative estimate of drug-likeness (QED) is 0.753. The minimum atomic E-state index is -0.147. The predicted molar refractivity (Wildman–Crippen MR) is 99.6 cm³/mol. The van der Waals surface area contributed by atoms with Gasteiger partial charge in [0.2, 0.25) is 5.91 Å². The topological polar surface area (TPSA) is 62.7 Å². The fourth-order valence-electron chi connectivity index (χ4n) is 5.62. The molecule has 5 rings (SSSR count). The second-order valence-electron chi connectivity index (χ2n) is 8.23. The van der Waals surface area contributed by atoms with E-state index in [1.54, 1.807) is 0 Å². The smallest absolute Gasteiger partial charge is 0.223 e. The van der Waals surface area contributed by atoms with Crippen molar-refractivity contribution in [2.24, 2.45) is 22.7 Å². The minimum absolute atomic E-state index is 0.0731. The van der Waals surface area contributed by atoms with E-state index in [-0.39, 0.29) is 23.7 Å². The highest BCUT2D eigenvalue weighted by atomic mass is 32.2. The van der Waals surface area contributed by atoms with Gasteiger partial charge < -0.3 is 10.1 Å². The van der Waals surface area contributed by atoms with E-state index in [4.69, 9.17) is 4.74 Å². The van der Waals surface area contributed by atoms with E-state index in [0.29, 0.717) is 29.7 Å². The summed E-state index contributed by atoms with van der Waals surface area (Å²) in [6.07, 6.45) is 11.4. The third kappa shape index (κ3) is 2.77. The van der Waals surface area contributed by atoms with Crippen LogP contribution in [0.3, 0.4) is 0 Å². The molecule has 3 fully saturated rings. The maximum Gasteiger partial charge on any atom is 0.223 e. The second-order valence-corrected chi connectivity index (χ2v) is 9.32. The zero-order valence-electron chi connectivity index (χ0n) is 14.5. The molecule has 3 bridgehead atoms. The Kier molecular flexibility index (Phi) is 4.18. The van der Waals surface area contributed by atoms with Crippen LogP contribution in [0.4, 0.5) is 0 Å². The zero-order chi connectivity index (χ0) is 16.9. The number of aliphatic imine (C=N–C) groups is 1. The van der Waals surface area contributed by atoms with E-state index in [0.717, 1.165) is 25.8 Å². The molecule has 1 spiro atoms. The van der Waals surface area contributed by atoms with Gasteiger partial charge in [0.05, 0.1) is 24.2 Å². The number of carbonyl (C=O) groups excluding carboxylic acids is 1. The van der Waals surface area contributed by atoms with Crippen LogP contribution in [0.25, 0.3) is 0 Å². The minimum Gasteiger partial charge on any atom is -0.352 e. The molecule has 6 atom stereocenters. The van der Waals surface area contributed by atoms with Gasteiger partial charge in [-0.15, -0.1) is 11.8 Å². The van der Waals surface area contributed by atoms with Crippen molar-refractivity contribution in [2.75, 3.05) is 13.1 Å². The van der Waals surface area contributed by atoms with Crippen LogP contribution in [0.1, 0.15) is 38.5 Å². The van der Waals surface area contributed by atoms with E-state index in [1.165, 1.54) is 19.3 Å². The van der Waals surface area contributed by atoms with Gasteiger partial charge in [0.1, 0.15) is 6.23 Å². The van der Waals surface area contributed by atoms with Crippen molar-refractivity contribution in [3.05, 3.63) is 12.2 Å². The molecule has 0 aromatic carbocycles. The SMILES string of the molecule is O=C(NCC1NC2C3C=CC(C3)(O1)C2C1CN=CS1)C1CCCCC1. The molecule has 3 aliphatic carbocycles. The third-order valence-electron chi connectivity index (χ3n) is 6.77. The highest BCUT2D eigenvalue weighted by molar-refractivity contribution is 8.12. The Balaban J connectivity index is 1.22. The summed E-state index contributed by atoms with van der Waals surface area (Å²) in [5.41, 5.74) is 1.85. The van der Waals surface area contributed by atoms with Gasteiger partial charge in [-0.3, -0.25) is 15.1 Å². The van der Waals surface area contributed by atoms with Crippen molar-refractivity contribution in [1.82, 2.24) is 10.6 Å². The average Bonchev–Trinajstić information content (AvgIpc) is 3.33. The summed E-state index contributed by atoms with van der Waals surface area (Å²) in [4.78, 5) is 16.8. The fourth-order valence-corrected chi connectivity index (χ4v) is 6.69. The van der Waals surface area contributed by atoms with Crippen LogP contribution < -0.4 is 10.6 Å². The molecule has 6 heteroatoms. The van der Waals surface area contributed by atoms with Gasteiger partial charge in [0.15, 0.2) is 0 Å². The Hall–Kier alpha value is -0.850. The van der Waals surface area contributed by atoms with Crippen molar-refractivity contribution in [3.63, 3.8) is 0 Å². The second kappa shape index (κ2) is 6.39. The number of hydrogen-bond acceptors (Lipinski definition) is 5. The molecule has 2 saturated carbocycles. The van der Waals surface area contributed by atoms with Crippen LogP contribution >= 0.6 is 11.8 Å². The molecule has 2 heterocycles. The normalized spacial score (nSPS) is 45.2. The predicted octanol–water partition coefficient (Wildman–Crippen LogP) is 2.09. The van der Waals surface area contributed by atoms with Gasteiger partial charge in [-0.1, -0.05) is 31.4 Å². The molecular weight excluding hydrogens is 334 g/mol. The number of carbonyl (C=O) groups is 1. The third-order valence-corrected chi connectivity index (χ3v) is 7.83. The maximum absolute atomic E-state index is 12.4. The Morgan fingerprint density at radius 3 is 3.00 bits per heavy atom. The first-order valence-electron chi connectivity index (χ1n) is 9.80. The van der Waals surface area contributed by atoms with Gasteiger partial charge in [-0.25, -0.2) is 0 Å². The summed E-state index contributed by atoms with van der Waals surface area (Å²) >= 11 is 1.85. The van der Waals surface area contributed by atoms with Gasteiger partial charge in [-0.2, -0.15) is 0 Å². The number of ether oxygens (including phenoxy) is 1. The molecule has 1 saturated heterocycles. The van der Waals surface area contributed by atoms with Gasteiger partial charge >= 0.3 is 0 Å². The molecule has 0 aromatic heterocycles. The van der Waals surface area contributed by atoms with Crippen LogP contribution in [0.15, 0.2) is 17.1 Å². The van der Waals surface area contributed by atoms with Crippen LogP contribution in [0.2, 0.25) is 0 Å². The molecule has 136 valence electrons. The molecule has 5 nitrogen and oxygen atoms in total. The lowest BCUT2D eigenvalue weighted by Crippen LogP contribution is -2.63. The van der Waals surface area contributed by atoms with E-state index >= 15 is 0 Å². The number of nitrogens with one attached hydrogen (secondary N) is 2. The summed E-state index contributed by atoms with van der Waals surface area (Å²) < 4.78 is 6.54. The van der Waals surface area contributed by atoms with Crippen molar-refractivity contribution in [3.8, 4) is 0 Å². The van der Waals surface area contributed by atoms with Crippen LogP contribution in [-0.4, -0.2) is 47.7 Å². The molecule has 0 aromatic rings. The molecule has 1 amide bonds. The van der Waals surface area contributed by atoms with Crippen molar-refractivity contribution < 1.29 is 9.53 Å². The molecule has 6 unspecified atom stereocenters. The first-order chi connectivity index (χ1) is 12.3. The fraction of sp³-hybridized carbons (Fsp3) is 0.789. The van der Waals surface area contributed by atoms with Crippen LogP contribution in [0, 0.1) is 17.8 Å². The molecule has 0 radical (unpaired) electrons. The Labute approximate surface area is 153 Å². The van der Waals surface area contributed by atoms with Gasteiger partial charge in [-0.05, 0) is 25.2 Å².